The standard InChI is InChI=1S/C15H11ClN2O3S/c16-10-4-5-13-12(7-10)18(15(20)22-13)8-9-2-1-3-11(6-9)21-14(17)19/h1-7H,8H2,(H2,17,19). The number of rotatable bonds is 3. The Labute approximate surface area is 134 Å². The molecule has 0 aliphatic carbocycles. The van der Waals surface area contributed by atoms with Crippen LogP contribution in [-0.4, -0.2) is 10.7 Å². The van der Waals surface area contributed by atoms with Gasteiger partial charge in [-0.15, -0.1) is 0 Å². The van der Waals surface area contributed by atoms with Crippen molar-refractivity contribution in [2.75, 3.05) is 0 Å². The minimum atomic E-state index is -0.873. The SMILES string of the molecule is NC(=O)Oc1cccc(Cn2c(=O)sc3ccc(Cl)cc32)c1. The monoisotopic (exact) mass is 334 g/mol. The largest absolute Gasteiger partial charge is 0.410 e. The number of carbonyl (C=O) groups excluding carboxylic acids is 1. The molecule has 0 saturated heterocycles. The number of hydrogen-bond acceptors (Lipinski definition) is 4. The van der Waals surface area contributed by atoms with Gasteiger partial charge in [0.15, 0.2) is 0 Å². The summed E-state index contributed by atoms with van der Waals surface area (Å²) in [5.41, 5.74) is 6.60. The van der Waals surface area contributed by atoms with Gasteiger partial charge in [0.05, 0.1) is 16.8 Å². The lowest BCUT2D eigenvalue weighted by molar-refractivity contribution is 0.211. The van der Waals surface area contributed by atoms with Gasteiger partial charge in [-0.05, 0) is 35.9 Å². The molecule has 0 atom stereocenters. The van der Waals surface area contributed by atoms with Crippen LogP contribution in [0.2, 0.25) is 5.02 Å². The molecule has 22 heavy (non-hydrogen) atoms. The van der Waals surface area contributed by atoms with Crippen molar-refractivity contribution in [2.45, 2.75) is 6.54 Å². The maximum absolute atomic E-state index is 12.2. The van der Waals surface area contributed by atoms with Crippen molar-refractivity contribution >= 4 is 39.2 Å². The van der Waals surface area contributed by atoms with Gasteiger partial charge >= 0.3 is 11.0 Å². The zero-order chi connectivity index (χ0) is 15.7. The van der Waals surface area contributed by atoms with Crippen LogP contribution in [0.4, 0.5) is 4.79 Å². The molecule has 1 aromatic heterocycles. The van der Waals surface area contributed by atoms with E-state index in [1.165, 1.54) is 0 Å². The summed E-state index contributed by atoms with van der Waals surface area (Å²) in [4.78, 5) is 22.9. The second-order valence-electron chi connectivity index (χ2n) is 4.63. The molecule has 3 aromatic rings. The van der Waals surface area contributed by atoms with E-state index in [0.717, 1.165) is 27.1 Å². The number of aromatic nitrogens is 1. The number of nitrogens with two attached hydrogens (primary N) is 1. The highest BCUT2D eigenvalue weighted by molar-refractivity contribution is 7.16. The third kappa shape index (κ3) is 2.98. The number of hydrogen-bond donors (Lipinski definition) is 1. The number of ether oxygens (including phenoxy) is 1. The van der Waals surface area contributed by atoms with E-state index in [1.54, 1.807) is 34.9 Å². The highest BCUT2D eigenvalue weighted by Gasteiger charge is 2.09. The second-order valence-corrected chi connectivity index (χ2v) is 6.06. The van der Waals surface area contributed by atoms with E-state index in [2.05, 4.69) is 0 Å². The van der Waals surface area contributed by atoms with Crippen LogP contribution in [0.1, 0.15) is 5.56 Å². The van der Waals surface area contributed by atoms with Crippen molar-refractivity contribution in [1.29, 1.82) is 0 Å². The zero-order valence-electron chi connectivity index (χ0n) is 11.3. The van der Waals surface area contributed by atoms with Gasteiger partial charge in [0.25, 0.3) is 0 Å². The maximum Gasteiger partial charge on any atom is 0.409 e. The molecule has 1 amide bonds. The number of fused-ring (bicyclic) bond motifs is 1. The van der Waals surface area contributed by atoms with E-state index in [4.69, 9.17) is 22.1 Å². The van der Waals surface area contributed by atoms with E-state index in [1.807, 2.05) is 12.1 Å². The van der Waals surface area contributed by atoms with Crippen LogP contribution in [0.5, 0.6) is 5.75 Å². The lowest BCUT2D eigenvalue weighted by atomic mass is 10.2. The van der Waals surface area contributed by atoms with Crippen molar-refractivity contribution in [3.05, 3.63) is 62.7 Å². The molecule has 0 saturated carbocycles. The van der Waals surface area contributed by atoms with Gasteiger partial charge in [-0.25, -0.2) is 4.79 Å². The van der Waals surface area contributed by atoms with Crippen LogP contribution >= 0.6 is 22.9 Å². The highest BCUT2D eigenvalue weighted by atomic mass is 35.5. The molecular weight excluding hydrogens is 324 g/mol. The van der Waals surface area contributed by atoms with Crippen molar-refractivity contribution in [3.8, 4) is 5.75 Å². The quantitative estimate of drug-likeness (QED) is 0.799. The number of primary amides is 1. The van der Waals surface area contributed by atoms with Crippen molar-refractivity contribution in [3.63, 3.8) is 0 Å². The molecule has 7 heteroatoms. The molecule has 2 aromatic carbocycles. The fraction of sp³-hybridized carbons (Fsp3) is 0.0667. The van der Waals surface area contributed by atoms with Crippen LogP contribution < -0.4 is 15.3 Å². The van der Waals surface area contributed by atoms with Crippen LogP contribution in [0.3, 0.4) is 0 Å². The van der Waals surface area contributed by atoms with Gasteiger partial charge in [0, 0.05) is 5.02 Å². The molecule has 1 heterocycles. The van der Waals surface area contributed by atoms with E-state index in [0.29, 0.717) is 17.3 Å². The van der Waals surface area contributed by atoms with Gasteiger partial charge in [-0.3, -0.25) is 9.36 Å². The summed E-state index contributed by atoms with van der Waals surface area (Å²) in [5.74, 6) is 0.343. The molecule has 2 N–H and O–H groups in total. The van der Waals surface area contributed by atoms with Crippen LogP contribution in [0.15, 0.2) is 47.3 Å². The maximum atomic E-state index is 12.2. The van der Waals surface area contributed by atoms with Gasteiger partial charge in [-0.2, -0.15) is 0 Å². The van der Waals surface area contributed by atoms with Gasteiger partial charge in [0.1, 0.15) is 5.75 Å². The summed E-state index contributed by atoms with van der Waals surface area (Å²) >= 11 is 7.17. The van der Waals surface area contributed by atoms with E-state index in [-0.39, 0.29) is 4.87 Å². The molecule has 0 aliphatic heterocycles. The topological polar surface area (TPSA) is 74.3 Å². The first-order valence-electron chi connectivity index (χ1n) is 6.38. The van der Waals surface area contributed by atoms with E-state index in [9.17, 15) is 9.59 Å². The number of carbonyl (C=O) groups is 1. The molecular formula is C15H11ClN2O3S. The van der Waals surface area contributed by atoms with E-state index < -0.39 is 6.09 Å². The summed E-state index contributed by atoms with van der Waals surface area (Å²) in [6, 6.07) is 12.2. The molecule has 0 spiro atoms. The Bertz CT molecular complexity index is 917. The smallest absolute Gasteiger partial charge is 0.409 e. The summed E-state index contributed by atoms with van der Waals surface area (Å²) in [5, 5.41) is 0.574. The molecule has 0 unspecified atom stereocenters. The van der Waals surface area contributed by atoms with Gasteiger partial charge in [-0.1, -0.05) is 35.1 Å². The van der Waals surface area contributed by atoms with Crippen LogP contribution in [0, 0.1) is 0 Å². The Morgan fingerprint density at radius 3 is 2.86 bits per heavy atom. The lowest BCUT2D eigenvalue weighted by Gasteiger charge is -2.06. The number of amides is 1. The van der Waals surface area contributed by atoms with E-state index >= 15 is 0 Å². The summed E-state index contributed by atoms with van der Waals surface area (Å²) in [7, 11) is 0. The molecule has 112 valence electrons. The summed E-state index contributed by atoms with van der Waals surface area (Å²) < 4.78 is 7.35. The predicted octanol–water partition coefficient (Wildman–Crippen LogP) is 3.22. The number of halogens is 1. The molecule has 0 radical (unpaired) electrons. The van der Waals surface area contributed by atoms with Crippen LogP contribution in [0.25, 0.3) is 10.2 Å². The molecule has 0 bridgehead atoms. The number of nitrogens with zero attached hydrogens (tertiary/aromatic N) is 1. The molecule has 3 rings (SSSR count). The molecule has 0 aliphatic rings. The first kappa shape index (κ1) is 14.6. The molecule has 0 fully saturated rings. The third-order valence-electron chi connectivity index (χ3n) is 3.09. The fourth-order valence-electron chi connectivity index (χ4n) is 2.19. The minimum absolute atomic E-state index is 0.0708. The zero-order valence-corrected chi connectivity index (χ0v) is 12.9. The average molecular weight is 335 g/mol. The van der Waals surface area contributed by atoms with Gasteiger partial charge in [0.2, 0.25) is 0 Å². The highest BCUT2D eigenvalue weighted by Crippen LogP contribution is 2.23. The Hall–Kier alpha value is -2.31. The second kappa shape index (κ2) is 5.82. The van der Waals surface area contributed by atoms with Gasteiger partial charge < -0.3 is 10.5 Å². The Morgan fingerprint density at radius 1 is 1.27 bits per heavy atom. The fourth-order valence-corrected chi connectivity index (χ4v) is 3.23. The Balaban J connectivity index is 1.99. The summed E-state index contributed by atoms with van der Waals surface area (Å²) in [6.45, 7) is 0.356. The first-order valence-corrected chi connectivity index (χ1v) is 7.57. The van der Waals surface area contributed by atoms with Crippen LogP contribution in [-0.2, 0) is 6.54 Å². The minimum Gasteiger partial charge on any atom is -0.410 e. The Morgan fingerprint density at radius 2 is 2.09 bits per heavy atom. The molecule has 5 nitrogen and oxygen atoms in total. The number of thiazole rings is 1. The lowest BCUT2D eigenvalue weighted by Crippen LogP contribution is -2.17. The van der Waals surface area contributed by atoms with Crippen molar-refractivity contribution < 1.29 is 9.53 Å². The number of benzene rings is 2. The Kier molecular flexibility index (Phi) is 3.87. The average Bonchev–Trinajstić information content (AvgIpc) is 2.75. The first-order chi connectivity index (χ1) is 10.5. The van der Waals surface area contributed by atoms with Crippen molar-refractivity contribution in [1.82, 2.24) is 4.57 Å². The van der Waals surface area contributed by atoms with Crippen molar-refractivity contribution in [2.24, 2.45) is 5.73 Å². The normalized spacial score (nSPS) is 10.8. The third-order valence-corrected chi connectivity index (χ3v) is 4.28. The predicted molar refractivity (Wildman–Crippen MR) is 86.9 cm³/mol. The summed E-state index contributed by atoms with van der Waals surface area (Å²) in [6.07, 6.45) is -0.873.